The second-order valence-electron chi connectivity index (χ2n) is 9.20. The van der Waals surface area contributed by atoms with E-state index in [0.29, 0.717) is 5.92 Å². The van der Waals surface area contributed by atoms with E-state index in [0.717, 1.165) is 61.9 Å². The van der Waals surface area contributed by atoms with Crippen molar-refractivity contribution in [2.24, 2.45) is 0 Å². The zero-order valence-electron chi connectivity index (χ0n) is 20.4. The van der Waals surface area contributed by atoms with Gasteiger partial charge in [-0.15, -0.1) is 0 Å². The zero-order valence-corrected chi connectivity index (χ0v) is 20.4. The van der Waals surface area contributed by atoms with Gasteiger partial charge in [0, 0.05) is 44.8 Å². The molecule has 0 radical (unpaired) electrons. The quantitative estimate of drug-likeness (QED) is 0.373. The van der Waals surface area contributed by atoms with E-state index in [1.165, 1.54) is 17.7 Å². The summed E-state index contributed by atoms with van der Waals surface area (Å²) in [5.74, 6) is 2.04. The molecule has 180 valence electrons. The van der Waals surface area contributed by atoms with E-state index in [1.807, 2.05) is 24.3 Å². The van der Waals surface area contributed by atoms with Crippen LogP contribution in [0, 0.1) is 5.82 Å². The molecule has 0 bridgehead atoms. The third kappa shape index (κ3) is 6.29. The van der Waals surface area contributed by atoms with Gasteiger partial charge in [-0.2, -0.15) is 0 Å². The summed E-state index contributed by atoms with van der Waals surface area (Å²) in [7, 11) is 1.69. The van der Waals surface area contributed by atoms with Crippen LogP contribution in [0.15, 0.2) is 72.8 Å². The van der Waals surface area contributed by atoms with Crippen molar-refractivity contribution in [1.82, 2.24) is 4.90 Å². The molecule has 3 aromatic carbocycles. The number of ether oxygens (including phenoxy) is 2. The molecule has 34 heavy (non-hydrogen) atoms. The number of hydrogen-bond donors (Lipinski definition) is 0. The molecule has 4 rings (SSSR count). The number of rotatable bonds is 9. The van der Waals surface area contributed by atoms with Gasteiger partial charge in [0.15, 0.2) is 0 Å². The third-order valence-electron chi connectivity index (χ3n) is 6.56. The van der Waals surface area contributed by atoms with Crippen LogP contribution >= 0.6 is 0 Å². The summed E-state index contributed by atoms with van der Waals surface area (Å²) >= 11 is 0. The molecule has 5 heteroatoms. The third-order valence-corrected chi connectivity index (χ3v) is 6.56. The van der Waals surface area contributed by atoms with Gasteiger partial charge in [0.25, 0.3) is 0 Å². The molecule has 1 saturated heterocycles. The fourth-order valence-corrected chi connectivity index (χ4v) is 4.41. The molecule has 1 heterocycles. The zero-order chi connectivity index (χ0) is 23.9. The van der Waals surface area contributed by atoms with Gasteiger partial charge in [-0.05, 0) is 65.6 Å². The van der Waals surface area contributed by atoms with Crippen molar-refractivity contribution in [3.05, 3.63) is 89.7 Å². The number of halogens is 1. The average molecular weight is 463 g/mol. The van der Waals surface area contributed by atoms with Crippen molar-refractivity contribution in [2.75, 3.05) is 44.7 Å². The topological polar surface area (TPSA) is 24.9 Å². The number of benzene rings is 3. The Labute approximate surface area is 202 Å². The summed E-state index contributed by atoms with van der Waals surface area (Å²) in [5.41, 5.74) is 3.52. The first-order valence-electron chi connectivity index (χ1n) is 12.2. The standard InChI is InChI=1S/C29H35FN2O2/c1-22(2)23-7-13-27(14-8-23)34-29(24-5-4-6-28(21-24)33-3)15-16-31-17-19-32(20-18-31)26-11-9-25(30)10-12-26/h4-14,21-22,29H,15-20H2,1-3H3/t29-/m1/s1. The molecule has 1 atom stereocenters. The summed E-state index contributed by atoms with van der Waals surface area (Å²) in [6.07, 6.45) is 0.825. The molecule has 0 spiro atoms. The highest BCUT2D eigenvalue weighted by atomic mass is 19.1. The van der Waals surface area contributed by atoms with E-state index in [2.05, 4.69) is 60.0 Å². The minimum atomic E-state index is -0.190. The van der Waals surface area contributed by atoms with Crippen LogP contribution in [0.25, 0.3) is 0 Å². The Morgan fingerprint density at radius 2 is 1.53 bits per heavy atom. The normalized spacial score (nSPS) is 15.4. The van der Waals surface area contributed by atoms with E-state index in [1.54, 1.807) is 7.11 Å². The molecular formula is C29H35FN2O2. The largest absolute Gasteiger partial charge is 0.497 e. The monoisotopic (exact) mass is 462 g/mol. The van der Waals surface area contributed by atoms with Crippen LogP contribution in [0.5, 0.6) is 11.5 Å². The summed E-state index contributed by atoms with van der Waals surface area (Å²) in [5, 5.41) is 0. The van der Waals surface area contributed by atoms with Crippen LogP contribution in [-0.4, -0.2) is 44.7 Å². The van der Waals surface area contributed by atoms with Gasteiger partial charge >= 0.3 is 0 Å². The lowest BCUT2D eigenvalue weighted by Gasteiger charge is -2.36. The fourth-order valence-electron chi connectivity index (χ4n) is 4.41. The Morgan fingerprint density at radius 3 is 2.18 bits per heavy atom. The molecule has 0 amide bonds. The maximum atomic E-state index is 13.2. The van der Waals surface area contributed by atoms with Gasteiger partial charge in [0.1, 0.15) is 23.4 Å². The summed E-state index contributed by atoms with van der Waals surface area (Å²) in [6, 6.07) is 23.4. The molecule has 0 aliphatic carbocycles. The predicted molar refractivity (Wildman–Crippen MR) is 137 cm³/mol. The maximum absolute atomic E-state index is 13.2. The minimum Gasteiger partial charge on any atom is -0.497 e. The molecule has 1 aliphatic rings. The van der Waals surface area contributed by atoms with E-state index >= 15 is 0 Å². The van der Waals surface area contributed by atoms with Gasteiger partial charge in [-0.1, -0.05) is 38.1 Å². The molecule has 0 N–H and O–H groups in total. The molecule has 0 saturated carbocycles. The number of methoxy groups -OCH3 is 1. The van der Waals surface area contributed by atoms with Crippen LogP contribution in [0.4, 0.5) is 10.1 Å². The lowest BCUT2D eigenvalue weighted by molar-refractivity contribution is 0.160. The first-order valence-corrected chi connectivity index (χ1v) is 12.2. The van der Waals surface area contributed by atoms with Crippen LogP contribution in [0.3, 0.4) is 0 Å². The Balaban J connectivity index is 1.39. The molecule has 3 aromatic rings. The Bertz CT molecular complexity index is 1030. The molecule has 4 nitrogen and oxygen atoms in total. The van der Waals surface area contributed by atoms with Gasteiger partial charge in [-0.25, -0.2) is 4.39 Å². The van der Waals surface area contributed by atoms with Crippen molar-refractivity contribution in [2.45, 2.75) is 32.3 Å². The SMILES string of the molecule is COc1cccc([C@@H](CCN2CCN(c3ccc(F)cc3)CC2)Oc2ccc(C(C)C)cc2)c1. The predicted octanol–water partition coefficient (Wildman–Crippen LogP) is 6.29. The number of anilines is 1. The number of nitrogens with zero attached hydrogens (tertiary/aromatic N) is 2. The summed E-state index contributed by atoms with van der Waals surface area (Å²) in [4.78, 5) is 4.81. The van der Waals surface area contributed by atoms with Crippen molar-refractivity contribution in [1.29, 1.82) is 0 Å². The minimum absolute atomic E-state index is 0.0601. The van der Waals surface area contributed by atoms with Gasteiger partial charge in [0.05, 0.1) is 7.11 Å². The Kier molecular flexibility index (Phi) is 8.07. The number of piperazine rings is 1. The van der Waals surface area contributed by atoms with Gasteiger partial charge < -0.3 is 14.4 Å². The van der Waals surface area contributed by atoms with Crippen molar-refractivity contribution in [3.63, 3.8) is 0 Å². The van der Waals surface area contributed by atoms with Gasteiger partial charge in [0.2, 0.25) is 0 Å². The smallest absolute Gasteiger partial charge is 0.125 e. The fraction of sp³-hybridized carbons (Fsp3) is 0.379. The highest BCUT2D eigenvalue weighted by Gasteiger charge is 2.21. The molecule has 1 aliphatic heterocycles. The van der Waals surface area contributed by atoms with Gasteiger partial charge in [-0.3, -0.25) is 4.90 Å². The second kappa shape index (κ2) is 11.4. The van der Waals surface area contributed by atoms with E-state index in [4.69, 9.17) is 9.47 Å². The van der Waals surface area contributed by atoms with Crippen LogP contribution in [-0.2, 0) is 0 Å². The first kappa shape index (κ1) is 24.1. The van der Waals surface area contributed by atoms with Crippen molar-refractivity contribution in [3.8, 4) is 11.5 Å². The van der Waals surface area contributed by atoms with Crippen molar-refractivity contribution >= 4 is 5.69 Å². The summed E-state index contributed by atoms with van der Waals surface area (Å²) in [6.45, 7) is 9.18. The van der Waals surface area contributed by atoms with Crippen LogP contribution in [0.2, 0.25) is 0 Å². The molecule has 1 fully saturated rings. The highest BCUT2D eigenvalue weighted by molar-refractivity contribution is 5.46. The lowest BCUT2D eigenvalue weighted by Crippen LogP contribution is -2.46. The van der Waals surface area contributed by atoms with Crippen LogP contribution < -0.4 is 14.4 Å². The number of hydrogen-bond acceptors (Lipinski definition) is 4. The lowest BCUT2D eigenvalue weighted by atomic mass is 10.0. The Hall–Kier alpha value is -3.05. The highest BCUT2D eigenvalue weighted by Crippen LogP contribution is 2.29. The molecular weight excluding hydrogens is 427 g/mol. The second-order valence-corrected chi connectivity index (χ2v) is 9.20. The van der Waals surface area contributed by atoms with E-state index in [-0.39, 0.29) is 11.9 Å². The Morgan fingerprint density at radius 1 is 0.824 bits per heavy atom. The van der Waals surface area contributed by atoms with Crippen molar-refractivity contribution < 1.29 is 13.9 Å². The summed E-state index contributed by atoms with van der Waals surface area (Å²) < 4.78 is 25.2. The maximum Gasteiger partial charge on any atom is 0.125 e. The van der Waals surface area contributed by atoms with E-state index in [9.17, 15) is 4.39 Å². The molecule has 0 aromatic heterocycles. The first-order chi connectivity index (χ1) is 16.5. The van der Waals surface area contributed by atoms with E-state index < -0.39 is 0 Å². The van der Waals surface area contributed by atoms with Crippen LogP contribution in [0.1, 0.15) is 43.4 Å². The average Bonchev–Trinajstić information content (AvgIpc) is 2.87. The molecule has 0 unspecified atom stereocenters.